The van der Waals surface area contributed by atoms with Gasteiger partial charge in [-0.3, -0.25) is 0 Å². The van der Waals surface area contributed by atoms with Crippen molar-refractivity contribution in [2.24, 2.45) is 0 Å². The summed E-state index contributed by atoms with van der Waals surface area (Å²) in [5.74, 6) is 1.15. The summed E-state index contributed by atoms with van der Waals surface area (Å²) >= 11 is 0. The highest BCUT2D eigenvalue weighted by molar-refractivity contribution is 7.80. The van der Waals surface area contributed by atoms with Crippen LogP contribution in [0.5, 0.6) is 11.5 Å². The van der Waals surface area contributed by atoms with Crippen LogP contribution in [0.25, 0.3) is 0 Å². The Morgan fingerprint density at radius 2 is 0.725 bits per heavy atom. The lowest BCUT2D eigenvalue weighted by Crippen LogP contribution is -2.57. The molecular formula is C47H46O2P2. The van der Waals surface area contributed by atoms with Crippen molar-refractivity contribution < 1.29 is 9.47 Å². The fraction of sp³-hybridized carbons (Fsp3) is 0.234. The van der Waals surface area contributed by atoms with Crippen LogP contribution < -0.4 is 41.3 Å². The third-order valence-corrected chi connectivity index (χ3v) is 15.3. The van der Waals surface area contributed by atoms with Gasteiger partial charge >= 0.3 is 0 Å². The lowest BCUT2D eigenvalue weighted by molar-refractivity contribution is -0.165. The standard InChI is InChI=1S/C47H46O2P2/c1-33-27-39-43(41(29-33)50(35-19-11-7-12-20-35)36-21-13-8-14-22-36)48-47(31-45(39,3)4)32-46(5,6)40-28-34(2)30-42(44(40)49-47)51(37-23-15-9-16-24-37)38-25-17-10-18-26-38/h7-30H,31-32H2,1-6H3. The molecule has 0 saturated heterocycles. The first-order valence-corrected chi connectivity index (χ1v) is 20.7. The maximum absolute atomic E-state index is 7.58. The molecule has 0 N–H and O–H groups in total. The van der Waals surface area contributed by atoms with Crippen molar-refractivity contribution in [2.45, 2.75) is 71.0 Å². The van der Waals surface area contributed by atoms with Gasteiger partial charge in [0, 0.05) is 45.4 Å². The van der Waals surface area contributed by atoms with E-state index in [9.17, 15) is 0 Å². The first-order chi connectivity index (χ1) is 24.5. The van der Waals surface area contributed by atoms with E-state index < -0.39 is 21.6 Å². The molecule has 2 aliphatic heterocycles. The minimum absolute atomic E-state index is 0.190. The Bertz CT molecular complexity index is 1940. The number of ether oxygens (including phenoxy) is 2. The van der Waals surface area contributed by atoms with Gasteiger partial charge in [-0.15, -0.1) is 0 Å². The molecule has 256 valence electrons. The van der Waals surface area contributed by atoms with Crippen molar-refractivity contribution in [3.63, 3.8) is 0 Å². The van der Waals surface area contributed by atoms with Crippen LogP contribution in [0.3, 0.4) is 0 Å². The monoisotopic (exact) mass is 704 g/mol. The summed E-state index contributed by atoms with van der Waals surface area (Å²) < 4.78 is 15.2. The van der Waals surface area contributed by atoms with Crippen LogP contribution in [-0.4, -0.2) is 5.79 Å². The molecule has 1 spiro atoms. The Morgan fingerprint density at radius 1 is 0.431 bits per heavy atom. The molecule has 2 aliphatic rings. The van der Waals surface area contributed by atoms with E-state index in [1.54, 1.807) is 0 Å². The molecule has 0 fully saturated rings. The van der Waals surface area contributed by atoms with Gasteiger partial charge in [0.25, 0.3) is 5.79 Å². The number of aryl methyl sites for hydroxylation is 2. The molecule has 8 rings (SSSR count). The molecule has 6 aromatic carbocycles. The van der Waals surface area contributed by atoms with Gasteiger partial charge in [0.1, 0.15) is 11.5 Å². The van der Waals surface area contributed by atoms with E-state index in [0.717, 1.165) is 24.3 Å². The number of fused-ring (bicyclic) bond motifs is 2. The summed E-state index contributed by atoms with van der Waals surface area (Å²) in [5.41, 5.74) is 4.69. The zero-order valence-corrected chi connectivity index (χ0v) is 32.3. The van der Waals surface area contributed by atoms with Crippen molar-refractivity contribution in [1.82, 2.24) is 0 Å². The Labute approximate surface area is 306 Å². The molecule has 0 saturated carbocycles. The normalized spacial score (nSPS) is 16.6. The maximum atomic E-state index is 7.58. The van der Waals surface area contributed by atoms with E-state index in [0.29, 0.717) is 0 Å². The third kappa shape index (κ3) is 6.33. The van der Waals surface area contributed by atoms with Gasteiger partial charge in [-0.1, -0.05) is 161 Å². The number of benzene rings is 6. The fourth-order valence-corrected chi connectivity index (χ4v) is 13.4. The van der Waals surface area contributed by atoms with Gasteiger partial charge in [-0.2, -0.15) is 0 Å². The van der Waals surface area contributed by atoms with Crippen molar-refractivity contribution >= 4 is 47.7 Å². The number of hydrogen-bond donors (Lipinski definition) is 0. The molecule has 0 bridgehead atoms. The number of hydrogen-bond acceptors (Lipinski definition) is 2. The topological polar surface area (TPSA) is 18.5 Å². The summed E-state index contributed by atoms with van der Waals surface area (Å²) in [6.07, 6.45) is 1.52. The van der Waals surface area contributed by atoms with E-state index in [4.69, 9.17) is 9.47 Å². The zero-order valence-electron chi connectivity index (χ0n) is 30.5. The zero-order chi connectivity index (χ0) is 35.4. The van der Waals surface area contributed by atoms with Crippen LogP contribution in [0.2, 0.25) is 0 Å². The van der Waals surface area contributed by atoms with Gasteiger partial charge < -0.3 is 9.47 Å². The Balaban J connectivity index is 1.33. The van der Waals surface area contributed by atoms with Crippen molar-refractivity contribution in [2.75, 3.05) is 0 Å². The lowest BCUT2D eigenvalue weighted by atomic mass is 9.69. The maximum Gasteiger partial charge on any atom is 0.253 e. The summed E-state index contributed by atoms with van der Waals surface area (Å²) in [7, 11) is -1.78. The lowest BCUT2D eigenvalue weighted by Gasteiger charge is -2.52. The van der Waals surface area contributed by atoms with Gasteiger partial charge in [-0.05, 0) is 74.2 Å². The summed E-state index contributed by atoms with van der Waals surface area (Å²) in [5, 5.41) is 7.79. The third-order valence-electron chi connectivity index (χ3n) is 10.4. The highest BCUT2D eigenvalue weighted by atomic mass is 31.1. The van der Waals surface area contributed by atoms with Crippen molar-refractivity contribution in [1.29, 1.82) is 0 Å². The molecule has 0 aromatic heterocycles. The van der Waals surface area contributed by atoms with Gasteiger partial charge in [-0.25, -0.2) is 0 Å². The second-order valence-electron chi connectivity index (χ2n) is 15.6. The Hall–Kier alpha value is -4.22. The molecule has 4 heteroatoms. The predicted molar refractivity (Wildman–Crippen MR) is 219 cm³/mol. The van der Waals surface area contributed by atoms with Crippen LogP contribution in [0.15, 0.2) is 146 Å². The second kappa shape index (κ2) is 13.1. The van der Waals surface area contributed by atoms with Gasteiger partial charge in [0.15, 0.2) is 0 Å². The first-order valence-electron chi connectivity index (χ1n) is 18.0. The van der Waals surface area contributed by atoms with Crippen LogP contribution in [0.4, 0.5) is 0 Å². The minimum atomic E-state index is -0.891. The van der Waals surface area contributed by atoms with Crippen LogP contribution in [-0.2, 0) is 10.8 Å². The largest absolute Gasteiger partial charge is 0.451 e. The van der Waals surface area contributed by atoms with E-state index in [-0.39, 0.29) is 10.8 Å². The van der Waals surface area contributed by atoms with E-state index >= 15 is 0 Å². The first kappa shape index (κ1) is 33.9. The minimum Gasteiger partial charge on any atom is -0.451 e. The molecule has 0 unspecified atom stereocenters. The van der Waals surface area contributed by atoms with E-state index in [1.807, 2.05) is 0 Å². The second-order valence-corrected chi connectivity index (χ2v) is 19.9. The van der Waals surface area contributed by atoms with E-state index in [2.05, 4.69) is 187 Å². The molecule has 0 atom stereocenters. The highest BCUT2D eigenvalue weighted by Crippen LogP contribution is 2.56. The quantitative estimate of drug-likeness (QED) is 0.161. The Kier molecular flexibility index (Phi) is 8.69. The van der Waals surface area contributed by atoms with Crippen molar-refractivity contribution in [3.05, 3.63) is 168 Å². The summed E-state index contributed by atoms with van der Waals surface area (Å²) in [6.45, 7) is 14.0. The predicted octanol–water partition coefficient (Wildman–Crippen LogP) is 9.34. The molecule has 0 aliphatic carbocycles. The molecule has 0 radical (unpaired) electrons. The SMILES string of the molecule is Cc1cc(P(c2ccccc2)c2ccccc2)c2c(c1)C(C)(C)CC1(CC(C)(C)c3cc(C)cc(P(c4ccccc4)c4ccccc4)c3O1)O2. The molecule has 51 heavy (non-hydrogen) atoms. The summed E-state index contributed by atoms with van der Waals surface area (Å²) in [6, 6.07) is 53.4. The molecule has 6 aromatic rings. The van der Waals surface area contributed by atoms with Crippen molar-refractivity contribution in [3.8, 4) is 11.5 Å². The smallest absolute Gasteiger partial charge is 0.253 e. The molecule has 2 nitrogen and oxygen atoms in total. The molecule has 0 amide bonds. The average Bonchev–Trinajstić information content (AvgIpc) is 3.11. The van der Waals surface area contributed by atoms with Crippen LogP contribution in [0.1, 0.15) is 62.8 Å². The molecule has 2 heterocycles. The van der Waals surface area contributed by atoms with Crippen LogP contribution >= 0.6 is 15.8 Å². The summed E-state index contributed by atoms with van der Waals surface area (Å²) in [4.78, 5) is 0. The van der Waals surface area contributed by atoms with Gasteiger partial charge in [0.2, 0.25) is 0 Å². The van der Waals surface area contributed by atoms with E-state index in [1.165, 1.54) is 54.1 Å². The number of rotatable bonds is 6. The Morgan fingerprint density at radius 3 is 1.02 bits per heavy atom. The van der Waals surface area contributed by atoms with Crippen LogP contribution in [0, 0.1) is 13.8 Å². The highest BCUT2D eigenvalue weighted by Gasteiger charge is 2.54. The fourth-order valence-electron chi connectivity index (χ4n) is 8.36. The average molecular weight is 705 g/mol. The van der Waals surface area contributed by atoms with Gasteiger partial charge in [0.05, 0.1) is 0 Å². The molecular weight excluding hydrogens is 658 g/mol.